The standard InChI is InChI=1S/C22H28ClN3O5S/c1-4-26(5-2)32(28,29)17-7-8-20(25-10-12-31-13-11-25)18(15-17)22(27)24-19-14-16(23)6-9-21(19)30-3/h6-9,14-15H,4-5,10-13H2,1-3H3,(H,24,27). The van der Waals surface area contributed by atoms with Crippen molar-refractivity contribution in [2.75, 3.05) is 56.7 Å². The number of hydrogen-bond acceptors (Lipinski definition) is 6. The van der Waals surface area contributed by atoms with Crippen LogP contribution in [0.4, 0.5) is 11.4 Å². The first-order chi connectivity index (χ1) is 15.3. The minimum Gasteiger partial charge on any atom is -0.495 e. The molecule has 2 aromatic rings. The Morgan fingerprint density at radius 2 is 1.84 bits per heavy atom. The molecule has 2 aromatic carbocycles. The third-order valence-electron chi connectivity index (χ3n) is 5.32. The lowest BCUT2D eigenvalue weighted by Gasteiger charge is -2.31. The lowest BCUT2D eigenvalue weighted by atomic mass is 10.1. The van der Waals surface area contributed by atoms with Gasteiger partial charge in [0.1, 0.15) is 5.75 Å². The molecule has 1 aliphatic heterocycles. The van der Waals surface area contributed by atoms with Crippen LogP contribution in [-0.4, -0.2) is 65.1 Å². The van der Waals surface area contributed by atoms with E-state index in [1.165, 1.54) is 17.5 Å². The lowest BCUT2D eigenvalue weighted by molar-refractivity contribution is 0.102. The van der Waals surface area contributed by atoms with Gasteiger partial charge in [0.15, 0.2) is 0 Å². The molecule has 0 atom stereocenters. The highest BCUT2D eigenvalue weighted by Gasteiger charge is 2.26. The van der Waals surface area contributed by atoms with Crippen LogP contribution in [0.1, 0.15) is 24.2 Å². The molecule has 3 rings (SSSR count). The zero-order chi connectivity index (χ0) is 23.3. The Bertz CT molecular complexity index is 1070. The monoisotopic (exact) mass is 481 g/mol. The van der Waals surface area contributed by atoms with Crippen LogP contribution in [0.5, 0.6) is 5.75 Å². The minimum absolute atomic E-state index is 0.0708. The number of benzene rings is 2. The van der Waals surface area contributed by atoms with E-state index in [2.05, 4.69) is 5.32 Å². The van der Waals surface area contributed by atoms with Crippen molar-refractivity contribution < 1.29 is 22.7 Å². The Kier molecular flexibility index (Phi) is 8.00. The van der Waals surface area contributed by atoms with Crippen LogP contribution in [0, 0.1) is 0 Å². The van der Waals surface area contributed by atoms with E-state index in [-0.39, 0.29) is 10.5 Å². The summed E-state index contributed by atoms with van der Waals surface area (Å²) < 4.78 is 38.3. The van der Waals surface area contributed by atoms with Crippen LogP contribution in [0.25, 0.3) is 0 Å². The van der Waals surface area contributed by atoms with E-state index in [0.717, 1.165) is 0 Å². The minimum atomic E-state index is -3.73. The van der Waals surface area contributed by atoms with Gasteiger partial charge in [-0.05, 0) is 36.4 Å². The van der Waals surface area contributed by atoms with E-state index >= 15 is 0 Å². The Hall–Kier alpha value is -2.33. The largest absolute Gasteiger partial charge is 0.495 e. The number of carbonyl (C=O) groups excluding carboxylic acids is 1. The predicted octanol–water partition coefficient (Wildman–Crippen LogP) is 3.47. The molecule has 1 amide bonds. The highest BCUT2D eigenvalue weighted by molar-refractivity contribution is 7.89. The van der Waals surface area contributed by atoms with Crippen molar-refractivity contribution in [2.24, 2.45) is 0 Å². The molecule has 1 saturated heterocycles. The van der Waals surface area contributed by atoms with Gasteiger partial charge in [0.05, 0.1) is 36.5 Å². The van der Waals surface area contributed by atoms with Crippen molar-refractivity contribution in [2.45, 2.75) is 18.7 Å². The van der Waals surface area contributed by atoms with Crippen molar-refractivity contribution in [3.05, 3.63) is 47.0 Å². The molecule has 0 unspecified atom stereocenters. The second kappa shape index (κ2) is 10.5. The molecule has 1 heterocycles. The van der Waals surface area contributed by atoms with Crippen molar-refractivity contribution in [1.29, 1.82) is 0 Å². The number of carbonyl (C=O) groups is 1. The average molecular weight is 482 g/mol. The number of ether oxygens (including phenoxy) is 2. The fourth-order valence-electron chi connectivity index (χ4n) is 3.62. The van der Waals surface area contributed by atoms with Crippen LogP contribution in [0.2, 0.25) is 5.02 Å². The molecular formula is C22H28ClN3O5S. The number of anilines is 2. The summed E-state index contributed by atoms with van der Waals surface area (Å²) in [7, 11) is -2.24. The molecule has 10 heteroatoms. The summed E-state index contributed by atoms with van der Waals surface area (Å²) >= 11 is 6.09. The quantitative estimate of drug-likeness (QED) is 0.621. The van der Waals surface area contributed by atoms with E-state index in [1.807, 2.05) is 4.90 Å². The third-order valence-corrected chi connectivity index (χ3v) is 7.60. The Balaban J connectivity index is 2.06. The SMILES string of the molecule is CCN(CC)S(=O)(=O)c1ccc(N2CCOCC2)c(C(=O)Nc2cc(Cl)ccc2OC)c1. The maximum atomic E-state index is 13.4. The van der Waals surface area contributed by atoms with E-state index in [9.17, 15) is 13.2 Å². The van der Waals surface area contributed by atoms with Crippen molar-refractivity contribution in [1.82, 2.24) is 4.31 Å². The molecule has 32 heavy (non-hydrogen) atoms. The molecule has 8 nitrogen and oxygen atoms in total. The molecule has 0 aromatic heterocycles. The summed E-state index contributed by atoms with van der Waals surface area (Å²) in [5, 5.41) is 3.26. The first-order valence-corrected chi connectivity index (χ1v) is 12.2. The summed E-state index contributed by atoms with van der Waals surface area (Å²) in [5.74, 6) is -0.00811. The van der Waals surface area contributed by atoms with Gasteiger partial charge in [0.2, 0.25) is 10.0 Å². The number of amides is 1. The third kappa shape index (κ3) is 5.17. The molecule has 0 radical (unpaired) electrons. The van der Waals surface area contributed by atoms with Crippen LogP contribution in [-0.2, 0) is 14.8 Å². The number of rotatable bonds is 8. The summed E-state index contributed by atoms with van der Waals surface area (Å²) in [6.07, 6.45) is 0. The van der Waals surface area contributed by atoms with Crippen LogP contribution in [0.15, 0.2) is 41.3 Å². The Morgan fingerprint density at radius 1 is 1.16 bits per heavy atom. The summed E-state index contributed by atoms with van der Waals surface area (Å²) in [5.41, 5.74) is 1.29. The van der Waals surface area contributed by atoms with E-state index < -0.39 is 15.9 Å². The molecule has 1 aliphatic rings. The first kappa shape index (κ1) is 24.3. The molecule has 0 saturated carbocycles. The van der Waals surface area contributed by atoms with Crippen molar-refractivity contribution in [3.63, 3.8) is 0 Å². The maximum absolute atomic E-state index is 13.4. The van der Waals surface area contributed by atoms with Gasteiger partial charge < -0.3 is 19.7 Å². The number of nitrogens with zero attached hydrogens (tertiary/aromatic N) is 2. The van der Waals surface area contributed by atoms with E-state index in [0.29, 0.717) is 61.5 Å². The van der Waals surface area contributed by atoms with Gasteiger partial charge in [0, 0.05) is 36.9 Å². The number of hydrogen-bond donors (Lipinski definition) is 1. The highest BCUT2D eigenvalue weighted by Crippen LogP contribution is 2.31. The number of methoxy groups -OCH3 is 1. The zero-order valence-corrected chi connectivity index (χ0v) is 20.0. The van der Waals surface area contributed by atoms with Gasteiger partial charge >= 0.3 is 0 Å². The molecule has 174 valence electrons. The van der Waals surface area contributed by atoms with Crippen LogP contribution >= 0.6 is 11.6 Å². The normalized spacial score (nSPS) is 14.5. The van der Waals surface area contributed by atoms with Crippen molar-refractivity contribution >= 4 is 38.9 Å². The van der Waals surface area contributed by atoms with E-state index in [4.69, 9.17) is 21.1 Å². The molecule has 0 aliphatic carbocycles. The van der Waals surface area contributed by atoms with Gasteiger partial charge in [-0.1, -0.05) is 25.4 Å². The molecule has 0 spiro atoms. The molecule has 1 fully saturated rings. The Morgan fingerprint density at radius 3 is 2.47 bits per heavy atom. The smallest absolute Gasteiger partial charge is 0.257 e. The van der Waals surface area contributed by atoms with Gasteiger partial charge in [-0.3, -0.25) is 4.79 Å². The second-order valence-electron chi connectivity index (χ2n) is 7.17. The van der Waals surface area contributed by atoms with Crippen molar-refractivity contribution in [3.8, 4) is 5.75 Å². The first-order valence-electron chi connectivity index (χ1n) is 10.4. The topological polar surface area (TPSA) is 88.2 Å². The number of halogens is 1. The van der Waals surface area contributed by atoms with E-state index in [1.54, 1.807) is 44.2 Å². The fourth-order valence-corrected chi connectivity index (χ4v) is 5.27. The van der Waals surface area contributed by atoms with Gasteiger partial charge in [-0.15, -0.1) is 0 Å². The highest BCUT2D eigenvalue weighted by atomic mass is 35.5. The second-order valence-corrected chi connectivity index (χ2v) is 9.54. The van der Waals surface area contributed by atoms with Gasteiger partial charge in [-0.25, -0.2) is 8.42 Å². The van der Waals surface area contributed by atoms with Crippen LogP contribution in [0.3, 0.4) is 0 Å². The number of nitrogens with one attached hydrogen (secondary N) is 1. The number of morpholine rings is 1. The molecular weight excluding hydrogens is 454 g/mol. The van der Waals surface area contributed by atoms with Gasteiger partial charge in [0.25, 0.3) is 5.91 Å². The number of sulfonamides is 1. The maximum Gasteiger partial charge on any atom is 0.257 e. The molecule has 1 N–H and O–H groups in total. The van der Waals surface area contributed by atoms with Crippen LogP contribution < -0.4 is 15.0 Å². The zero-order valence-electron chi connectivity index (χ0n) is 18.4. The average Bonchev–Trinajstić information content (AvgIpc) is 2.80. The Labute approximate surface area is 194 Å². The summed E-state index contributed by atoms with van der Waals surface area (Å²) in [6.45, 7) is 6.50. The summed E-state index contributed by atoms with van der Waals surface area (Å²) in [6, 6.07) is 9.57. The lowest BCUT2D eigenvalue weighted by Crippen LogP contribution is -2.37. The fraction of sp³-hybridized carbons (Fsp3) is 0.409. The van der Waals surface area contributed by atoms with Gasteiger partial charge in [-0.2, -0.15) is 4.31 Å². The summed E-state index contributed by atoms with van der Waals surface area (Å²) in [4.78, 5) is 15.5. The predicted molar refractivity (Wildman–Crippen MR) is 126 cm³/mol. The molecule has 0 bridgehead atoms.